The van der Waals surface area contributed by atoms with Crippen LogP contribution in [0.15, 0.2) is 67.3 Å². The van der Waals surface area contributed by atoms with Crippen LogP contribution in [-0.4, -0.2) is 35.4 Å². The second kappa shape index (κ2) is 9.23. The molecule has 11 heteroatoms. The van der Waals surface area contributed by atoms with Crippen molar-refractivity contribution in [2.45, 2.75) is 13.1 Å². The van der Waals surface area contributed by atoms with E-state index in [1.165, 1.54) is 0 Å². The number of alkyl halides is 3. The number of halogens is 3. The average molecular weight is 501 g/mol. The first-order valence-corrected chi connectivity index (χ1v) is 11.0. The number of fused-ring (bicyclic) bond motifs is 1. The molecule has 0 unspecified atom stereocenters. The number of rotatable bonds is 3. The molecule has 37 heavy (non-hydrogen) atoms. The molecule has 5 aromatic rings. The van der Waals surface area contributed by atoms with Gasteiger partial charge in [0.15, 0.2) is 5.82 Å². The number of benzene rings is 2. The number of imidazole rings is 1. The third-order valence-electron chi connectivity index (χ3n) is 5.54. The summed E-state index contributed by atoms with van der Waals surface area (Å²) in [5, 5.41) is 10.6. The number of amides is 1. The van der Waals surface area contributed by atoms with Crippen molar-refractivity contribution in [1.29, 1.82) is 0 Å². The first-order chi connectivity index (χ1) is 17.7. The van der Waals surface area contributed by atoms with E-state index in [0.29, 0.717) is 23.1 Å². The highest BCUT2D eigenvalue weighted by Gasteiger charge is 2.31. The number of aromatic nitrogens is 6. The zero-order valence-corrected chi connectivity index (χ0v) is 19.6. The lowest BCUT2D eigenvalue weighted by Crippen LogP contribution is -2.15. The van der Waals surface area contributed by atoms with E-state index in [-0.39, 0.29) is 5.69 Å². The monoisotopic (exact) mass is 501 g/mol. The van der Waals surface area contributed by atoms with Crippen molar-refractivity contribution in [3.8, 4) is 17.7 Å². The van der Waals surface area contributed by atoms with Crippen molar-refractivity contribution in [2.24, 2.45) is 7.05 Å². The summed E-state index contributed by atoms with van der Waals surface area (Å²) in [6.07, 6.45) is -0.160. The normalized spacial score (nSPS) is 11.3. The molecule has 0 aliphatic rings. The molecular formula is C26H18F3N7O. The summed E-state index contributed by atoms with van der Waals surface area (Å²) in [6, 6.07) is 12.2. The van der Waals surface area contributed by atoms with Gasteiger partial charge < -0.3 is 5.32 Å². The minimum atomic E-state index is -4.57. The van der Waals surface area contributed by atoms with Gasteiger partial charge in [0.05, 0.1) is 22.8 Å². The fourth-order valence-corrected chi connectivity index (χ4v) is 3.62. The minimum absolute atomic E-state index is 0.336. The SMILES string of the molecule is Cc1ccc(NC(=O)c2cc(C(F)(F)F)ccn2)cc1C#Cc1ccc2c(c1)ncn2-c1cn(C)nn1. The molecule has 3 aromatic heterocycles. The van der Waals surface area contributed by atoms with Gasteiger partial charge in [-0.15, -0.1) is 5.10 Å². The fourth-order valence-electron chi connectivity index (χ4n) is 3.62. The third-order valence-corrected chi connectivity index (χ3v) is 5.54. The largest absolute Gasteiger partial charge is 0.416 e. The molecule has 0 aliphatic heterocycles. The van der Waals surface area contributed by atoms with Crippen LogP contribution in [0.2, 0.25) is 0 Å². The van der Waals surface area contributed by atoms with Gasteiger partial charge in [0.2, 0.25) is 0 Å². The van der Waals surface area contributed by atoms with Crippen LogP contribution in [0.4, 0.5) is 18.9 Å². The van der Waals surface area contributed by atoms with Crippen molar-refractivity contribution < 1.29 is 18.0 Å². The predicted molar refractivity (Wildman–Crippen MR) is 130 cm³/mol. The van der Waals surface area contributed by atoms with E-state index >= 15 is 0 Å². The Morgan fingerprint density at radius 2 is 1.86 bits per heavy atom. The van der Waals surface area contributed by atoms with Crippen molar-refractivity contribution in [1.82, 2.24) is 29.5 Å². The highest BCUT2D eigenvalue weighted by molar-refractivity contribution is 6.03. The molecular weight excluding hydrogens is 483 g/mol. The van der Waals surface area contributed by atoms with Crippen molar-refractivity contribution in [2.75, 3.05) is 5.32 Å². The maximum Gasteiger partial charge on any atom is 0.416 e. The minimum Gasteiger partial charge on any atom is -0.321 e. The third kappa shape index (κ3) is 5.04. The maximum atomic E-state index is 13.0. The van der Waals surface area contributed by atoms with Crippen LogP contribution < -0.4 is 5.32 Å². The molecule has 0 saturated carbocycles. The number of hydrogen-bond donors (Lipinski definition) is 1. The summed E-state index contributed by atoms with van der Waals surface area (Å²) in [4.78, 5) is 20.7. The zero-order valence-electron chi connectivity index (χ0n) is 19.6. The van der Waals surface area contributed by atoms with E-state index in [9.17, 15) is 18.0 Å². The Bertz CT molecular complexity index is 1710. The molecule has 3 heterocycles. The van der Waals surface area contributed by atoms with Gasteiger partial charge in [-0.3, -0.25) is 19.0 Å². The Hall–Kier alpha value is -4.98. The number of aryl methyl sites for hydroxylation is 2. The highest BCUT2D eigenvalue weighted by Crippen LogP contribution is 2.29. The van der Waals surface area contributed by atoms with Crippen LogP contribution in [-0.2, 0) is 13.2 Å². The summed E-state index contributed by atoms with van der Waals surface area (Å²) in [5.74, 6) is 6.09. The lowest BCUT2D eigenvalue weighted by atomic mass is 10.1. The van der Waals surface area contributed by atoms with Crippen LogP contribution in [0.25, 0.3) is 16.9 Å². The molecule has 5 rings (SSSR count). The number of carbonyl (C=O) groups excluding carboxylic acids is 1. The van der Waals surface area contributed by atoms with Crippen molar-refractivity contribution in [3.63, 3.8) is 0 Å². The summed E-state index contributed by atoms with van der Waals surface area (Å²) in [7, 11) is 1.79. The highest BCUT2D eigenvalue weighted by atomic mass is 19.4. The molecule has 0 saturated heterocycles. The van der Waals surface area contributed by atoms with Crippen LogP contribution in [0, 0.1) is 18.8 Å². The zero-order chi connectivity index (χ0) is 26.2. The van der Waals surface area contributed by atoms with Crippen LogP contribution in [0.3, 0.4) is 0 Å². The summed E-state index contributed by atoms with van der Waals surface area (Å²) >= 11 is 0. The van der Waals surface area contributed by atoms with Crippen LogP contribution in [0.1, 0.15) is 32.7 Å². The lowest BCUT2D eigenvalue weighted by molar-refractivity contribution is -0.137. The number of anilines is 1. The average Bonchev–Trinajstić information content (AvgIpc) is 3.49. The molecule has 0 radical (unpaired) electrons. The molecule has 8 nitrogen and oxygen atoms in total. The Kier molecular flexibility index (Phi) is 5.93. The molecule has 1 N–H and O–H groups in total. The molecule has 0 bridgehead atoms. The molecule has 1 amide bonds. The lowest BCUT2D eigenvalue weighted by Gasteiger charge is -2.09. The van der Waals surface area contributed by atoms with Gasteiger partial charge in [0, 0.05) is 30.1 Å². The standard InChI is InChI=1S/C26H18F3N7O/c1-16-3-7-20(32-25(37)22-13-19(9-10-30-22)26(27,28)29)12-18(16)6-4-17-5-8-23-21(11-17)31-15-36(23)24-14-35(2)34-33-24/h3,5,7-15H,1-2H3,(H,32,37). The molecule has 0 aliphatic carbocycles. The molecule has 184 valence electrons. The van der Waals surface area contributed by atoms with Gasteiger partial charge in [-0.05, 0) is 55.0 Å². The van der Waals surface area contributed by atoms with Crippen LogP contribution in [0.5, 0.6) is 0 Å². The maximum absolute atomic E-state index is 13.0. The summed E-state index contributed by atoms with van der Waals surface area (Å²) in [6.45, 7) is 1.87. The number of nitrogens with zero attached hydrogens (tertiary/aromatic N) is 6. The number of pyridine rings is 1. The second-order valence-corrected chi connectivity index (χ2v) is 8.23. The van der Waals surface area contributed by atoms with E-state index in [0.717, 1.165) is 34.4 Å². The fraction of sp³-hybridized carbons (Fsp3) is 0.115. The predicted octanol–water partition coefficient (Wildman–Crippen LogP) is 4.53. The smallest absolute Gasteiger partial charge is 0.321 e. The molecule has 2 aromatic carbocycles. The Morgan fingerprint density at radius 3 is 2.62 bits per heavy atom. The van der Waals surface area contributed by atoms with Gasteiger partial charge in [-0.25, -0.2) is 4.98 Å². The molecule has 0 fully saturated rings. The van der Waals surface area contributed by atoms with E-state index in [1.807, 2.05) is 29.7 Å². The van der Waals surface area contributed by atoms with Gasteiger partial charge >= 0.3 is 6.18 Å². The quantitative estimate of drug-likeness (QED) is 0.367. The Balaban J connectivity index is 1.37. The van der Waals surface area contributed by atoms with E-state index in [1.54, 1.807) is 42.5 Å². The van der Waals surface area contributed by atoms with Crippen molar-refractivity contribution >= 4 is 22.6 Å². The Labute approximate surface area is 208 Å². The topological polar surface area (TPSA) is 90.5 Å². The van der Waals surface area contributed by atoms with E-state index in [4.69, 9.17) is 0 Å². The van der Waals surface area contributed by atoms with Gasteiger partial charge in [0.25, 0.3) is 5.91 Å². The number of carbonyl (C=O) groups is 1. The Morgan fingerprint density at radius 1 is 1.03 bits per heavy atom. The van der Waals surface area contributed by atoms with E-state index in [2.05, 4.69) is 37.4 Å². The van der Waals surface area contributed by atoms with Crippen molar-refractivity contribution in [3.05, 3.63) is 95.2 Å². The number of hydrogen-bond acceptors (Lipinski definition) is 5. The van der Waals surface area contributed by atoms with Crippen LogP contribution >= 0.6 is 0 Å². The van der Waals surface area contributed by atoms with Gasteiger partial charge in [-0.1, -0.05) is 23.1 Å². The first kappa shape index (κ1) is 23.7. The first-order valence-electron chi connectivity index (χ1n) is 11.0. The summed E-state index contributed by atoms with van der Waals surface area (Å²) < 4.78 is 42.3. The van der Waals surface area contributed by atoms with Gasteiger partial charge in [-0.2, -0.15) is 13.2 Å². The molecule has 0 atom stereocenters. The van der Waals surface area contributed by atoms with Gasteiger partial charge in [0.1, 0.15) is 12.0 Å². The number of nitrogens with one attached hydrogen (secondary N) is 1. The second-order valence-electron chi connectivity index (χ2n) is 8.23. The van der Waals surface area contributed by atoms with E-state index < -0.39 is 17.6 Å². The summed E-state index contributed by atoms with van der Waals surface area (Å²) in [5.41, 5.74) is 2.96. The molecule has 0 spiro atoms.